The number of benzene rings is 2. The van der Waals surface area contributed by atoms with Crippen LogP contribution in [0.1, 0.15) is 23.7 Å². The first-order valence-electron chi connectivity index (χ1n) is 8.83. The first-order chi connectivity index (χ1) is 13.5. The van der Waals surface area contributed by atoms with Crippen molar-refractivity contribution < 1.29 is 23.9 Å². The lowest BCUT2D eigenvalue weighted by molar-refractivity contribution is -0.121. The Morgan fingerprint density at radius 1 is 1.07 bits per heavy atom. The quantitative estimate of drug-likeness (QED) is 0.558. The molecule has 8 nitrogen and oxygen atoms in total. The number of anilines is 1. The second-order valence-electron chi connectivity index (χ2n) is 6.08. The highest BCUT2D eigenvalue weighted by Gasteiger charge is 2.39. The molecule has 28 heavy (non-hydrogen) atoms. The zero-order valence-corrected chi connectivity index (χ0v) is 15.6. The third-order valence-corrected chi connectivity index (χ3v) is 4.26. The van der Waals surface area contributed by atoms with E-state index in [4.69, 9.17) is 9.47 Å². The van der Waals surface area contributed by atoms with Crippen LogP contribution in [0.2, 0.25) is 0 Å². The van der Waals surface area contributed by atoms with Crippen molar-refractivity contribution in [1.82, 2.24) is 10.9 Å². The molecular weight excluding hydrogens is 362 g/mol. The summed E-state index contributed by atoms with van der Waals surface area (Å²) in [7, 11) is 1.54. The van der Waals surface area contributed by atoms with Gasteiger partial charge in [0.05, 0.1) is 25.8 Å². The van der Waals surface area contributed by atoms with Crippen LogP contribution in [0.3, 0.4) is 0 Å². The average molecular weight is 383 g/mol. The standard InChI is InChI=1S/C20H21N3O5/c1-3-28-16-10-6-14(7-11-16)23-18(24)12-17(20(23)26)21-22-19(25)13-4-8-15(27-2)9-5-13/h4-11,17,21H,3,12H2,1-2H3,(H,22,25). The minimum Gasteiger partial charge on any atom is -0.497 e. The zero-order chi connectivity index (χ0) is 20.1. The van der Waals surface area contributed by atoms with Gasteiger partial charge in [-0.1, -0.05) is 0 Å². The van der Waals surface area contributed by atoms with E-state index >= 15 is 0 Å². The second kappa shape index (κ2) is 8.53. The SMILES string of the molecule is CCOc1ccc(N2C(=O)CC(NNC(=O)c3ccc(OC)cc3)C2=O)cc1. The van der Waals surface area contributed by atoms with E-state index in [1.165, 1.54) is 7.11 Å². The van der Waals surface area contributed by atoms with Crippen LogP contribution in [0.25, 0.3) is 0 Å². The minimum absolute atomic E-state index is 0.0467. The van der Waals surface area contributed by atoms with Gasteiger partial charge in [-0.3, -0.25) is 19.8 Å². The number of methoxy groups -OCH3 is 1. The minimum atomic E-state index is -0.832. The van der Waals surface area contributed by atoms with Crippen LogP contribution in [0.4, 0.5) is 5.69 Å². The lowest BCUT2D eigenvalue weighted by Gasteiger charge is -2.16. The molecule has 146 valence electrons. The van der Waals surface area contributed by atoms with E-state index in [0.29, 0.717) is 29.4 Å². The van der Waals surface area contributed by atoms with Crippen molar-refractivity contribution in [3.63, 3.8) is 0 Å². The van der Waals surface area contributed by atoms with Crippen LogP contribution in [0.15, 0.2) is 48.5 Å². The molecule has 0 bridgehead atoms. The molecule has 1 atom stereocenters. The Morgan fingerprint density at radius 2 is 1.71 bits per heavy atom. The van der Waals surface area contributed by atoms with Gasteiger partial charge in [-0.15, -0.1) is 0 Å². The number of carbonyl (C=O) groups is 3. The van der Waals surface area contributed by atoms with Crippen molar-refractivity contribution in [2.24, 2.45) is 0 Å². The summed E-state index contributed by atoms with van der Waals surface area (Å²) >= 11 is 0. The molecule has 1 aliphatic rings. The Kier molecular flexibility index (Phi) is 5.90. The number of ether oxygens (including phenoxy) is 2. The smallest absolute Gasteiger partial charge is 0.265 e. The largest absolute Gasteiger partial charge is 0.497 e. The third-order valence-electron chi connectivity index (χ3n) is 4.26. The molecule has 8 heteroatoms. The summed E-state index contributed by atoms with van der Waals surface area (Å²) < 4.78 is 10.4. The molecule has 1 saturated heterocycles. The van der Waals surface area contributed by atoms with Crippen LogP contribution in [-0.4, -0.2) is 37.5 Å². The number of rotatable bonds is 7. The molecule has 2 aromatic carbocycles. The molecule has 0 aliphatic carbocycles. The maximum atomic E-state index is 12.6. The number of hydrogen-bond acceptors (Lipinski definition) is 6. The van der Waals surface area contributed by atoms with Crippen LogP contribution in [0.5, 0.6) is 11.5 Å². The monoisotopic (exact) mass is 383 g/mol. The van der Waals surface area contributed by atoms with Gasteiger partial charge in [0.2, 0.25) is 5.91 Å². The van der Waals surface area contributed by atoms with E-state index in [-0.39, 0.29) is 12.3 Å². The Balaban J connectivity index is 1.62. The fourth-order valence-corrected chi connectivity index (χ4v) is 2.84. The Morgan fingerprint density at radius 3 is 2.32 bits per heavy atom. The van der Waals surface area contributed by atoms with Gasteiger partial charge in [0, 0.05) is 5.56 Å². The highest BCUT2D eigenvalue weighted by molar-refractivity contribution is 6.22. The van der Waals surface area contributed by atoms with Crippen LogP contribution in [-0.2, 0) is 9.59 Å². The number of carbonyl (C=O) groups excluding carboxylic acids is 3. The molecule has 1 aliphatic heterocycles. The Bertz CT molecular complexity index is 864. The fraction of sp³-hybridized carbons (Fsp3) is 0.250. The predicted octanol–water partition coefficient (Wildman–Crippen LogP) is 1.66. The van der Waals surface area contributed by atoms with Crippen molar-refractivity contribution in [2.75, 3.05) is 18.6 Å². The third kappa shape index (κ3) is 4.12. The molecule has 3 amide bonds. The van der Waals surface area contributed by atoms with Gasteiger partial charge in [0.15, 0.2) is 0 Å². The maximum absolute atomic E-state index is 12.6. The number of hydrazine groups is 1. The molecule has 2 N–H and O–H groups in total. The summed E-state index contributed by atoms with van der Waals surface area (Å²) in [6.07, 6.45) is -0.0467. The summed E-state index contributed by atoms with van der Waals surface area (Å²) in [6, 6.07) is 12.4. The fourth-order valence-electron chi connectivity index (χ4n) is 2.84. The molecule has 2 aromatic rings. The number of nitrogens with zero attached hydrogens (tertiary/aromatic N) is 1. The summed E-state index contributed by atoms with van der Waals surface area (Å²) in [6.45, 7) is 2.40. The van der Waals surface area contributed by atoms with Crippen LogP contribution < -0.4 is 25.2 Å². The molecule has 1 unspecified atom stereocenters. The van der Waals surface area contributed by atoms with E-state index in [9.17, 15) is 14.4 Å². The van der Waals surface area contributed by atoms with E-state index in [0.717, 1.165) is 4.90 Å². The molecule has 0 aromatic heterocycles. The van der Waals surface area contributed by atoms with Crippen molar-refractivity contribution >= 4 is 23.4 Å². The van der Waals surface area contributed by atoms with E-state index in [2.05, 4.69) is 10.9 Å². The zero-order valence-electron chi connectivity index (χ0n) is 15.6. The van der Waals surface area contributed by atoms with Gasteiger partial charge in [0.1, 0.15) is 17.5 Å². The molecule has 1 heterocycles. The van der Waals surface area contributed by atoms with Gasteiger partial charge >= 0.3 is 0 Å². The highest BCUT2D eigenvalue weighted by atomic mass is 16.5. The number of hydrogen-bond donors (Lipinski definition) is 2. The maximum Gasteiger partial charge on any atom is 0.265 e. The lowest BCUT2D eigenvalue weighted by atomic mass is 10.2. The average Bonchev–Trinajstić information content (AvgIpc) is 3.00. The summed E-state index contributed by atoms with van der Waals surface area (Å²) in [4.78, 5) is 38.2. The molecule has 1 fully saturated rings. The summed E-state index contributed by atoms with van der Waals surface area (Å²) in [5.74, 6) is 0.107. The van der Waals surface area contributed by atoms with Crippen molar-refractivity contribution in [1.29, 1.82) is 0 Å². The Labute approximate surface area is 162 Å². The second-order valence-corrected chi connectivity index (χ2v) is 6.08. The number of amides is 3. The van der Waals surface area contributed by atoms with Gasteiger partial charge in [0.25, 0.3) is 11.8 Å². The first-order valence-corrected chi connectivity index (χ1v) is 8.83. The van der Waals surface area contributed by atoms with Gasteiger partial charge in [-0.25, -0.2) is 10.3 Å². The summed E-state index contributed by atoms with van der Waals surface area (Å²) in [5, 5.41) is 0. The Hall–Kier alpha value is -3.39. The first kappa shape index (κ1) is 19.4. The van der Waals surface area contributed by atoms with E-state index < -0.39 is 17.9 Å². The number of nitrogens with one attached hydrogen (secondary N) is 2. The molecule has 3 rings (SSSR count). The molecular formula is C20H21N3O5. The number of imide groups is 1. The molecule has 0 saturated carbocycles. The van der Waals surface area contributed by atoms with Gasteiger partial charge in [-0.05, 0) is 55.5 Å². The van der Waals surface area contributed by atoms with Crippen molar-refractivity contribution in [3.8, 4) is 11.5 Å². The highest BCUT2D eigenvalue weighted by Crippen LogP contribution is 2.25. The lowest BCUT2D eigenvalue weighted by Crippen LogP contribution is -2.48. The predicted molar refractivity (Wildman–Crippen MR) is 102 cm³/mol. The molecule has 0 spiro atoms. The molecule has 0 radical (unpaired) electrons. The normalized spacial score (nSPS) is 16.2. The van der Waals surface area contributed by atoms with Crippen molar-refractivity contribution in [3.05, 3.63) is 54.1 Å². The summed E-state index contributed by atoms with van der Waals surface area (Å²) in [5.41, 5.74) is 5.99. The van der Waals surface area contributed by atoms with Crippen LogP contribution in [0, 0.1) is 0 Å². The van der Waals surface area contributed by atoms with Gasteiger partial charge < -0.3 is 9.47 Å². The van der Waals surface area contributed by atoms with Crippen molar-refractivity contribution in [2.45, 2.75) is 19.4 Å². The topological polar surface area (TPSA) is 97.0 Å². The van der Waals surface area contributed by atoms with E-state index in [1.54, 1.807) is 48.5 Å². The van der Waals surface area contributed by atoms with Gasteiger partial charge in [-0.2, -0.15) is 0 Å². The van der Waals surface area contributed by atoms with Crippen LogP contribution >= 0.6 is 0 Å². The van der Waals surface area contributed by atoms with E-state index in [1.807, 2.05) is 6.92 Å².